The van der Waals surface area contributed by atoms with Gasteiger partial charge in [-0.15, -0.1) is 0 Å². The Balaban J connectivity index is 1.68. The predicted octanol–water partition coefficient (Wildman–Crippen LogP) is -2.18. The number of hydrogen-bond acceptors (Lipinski definition) is 10. The largest absolute Gasteiger partial charge is 0.481 e. The molecule has 3 aliphatic rings. The molecule has 1 unspecified atom stereocenters. The topological polar surface area (TPSA) is 243 Å². The van der Waals surface area contributed by atoms with Gasteiger partial charge in [0.25, 0.3) is 0 Å². The normalized spacial score (nSPS) is 29.9. The van der Waals surface area contributed by atoms with Crippen LogP contribution in [0.25, 0.3) is 0 Å². The molecule has 4 atom stereocenters. The highest BCUT2D eigenvalue weighted by Gasteiger charge is 2.47. The number of ether oxygens (including phenoxy) is 1. The third-order valence-corrected chi connectivity index (χ3v) is 5.75. The second-order valence-electron chi connectivity index (χ2n) is 5.59. The molecule has 0 aromatic rings. The van der Waals surface area contributed by atoms with Crippen LogP contribution in [0.4, 0.5) is 4.79 Å². The Labute approximate surface area is 155 Å². The lowest BCUT2D eigenvalue weighted by molar-refractivity contribution is -0.111. The zero-order chi connectivity index (χ0) is 20.9. The standard InChI is InChI=1S/C10H13N5O11P2/c11-9-13-7-6(8(17)14-9)12-10(18)15(7)5-1-3(16)4(25-5)2-24-28(22,23)26-27(19,20)21/h3-5,16H,1-2H2,(H,22,23)(H2,11,14,17)(H2,19,20,21)/t3-,4+,5+/m0/s1. The molecule has 0 aromatic carbocycles. The van der Waals surface area contributed by atoms with Gasteiger partial charge in [-0.2, -0.15) is 19.3 Å². The van der Waals surface area contributed by atoms with E-state index in [-0.39, 0.29) is 18.0 Å². The number of aliphatic hydroxyl groups is 1. The summed E-state index contributed by atoms with van der Waals surface area (Å²) in [7, 11) is -10.5. The van der Waals surface area contributed by atoms with E-state index in [2.05, 4.69) is 23.8 Å². The smallest absolute Gasteiger partial charge is 0.390 e. The third-order valence-electron chi connectivity index (χ3n) is 3.60. The number of phosphoric ester groups is 1. The van der Waals surface area contributed by atoms with Crippen LogP contribution in [-0.4, -0.2) is 79.2 Å². The summed E-state index contributed by atoms with van der Waals surface area (Å²) in [5.74, 6) is -1.51. The number of carbonyl (C=O) groups is 2. The Morgan fingerprint density at radius 2 is 1.89 bits per heavy atom. The maximum absolute atomic E-state index is 12.1. The average molecular weight is 441 g/mol. The maximum Gasteiger partial charge on any atom is 0.481 e. The molecule has 0 aromatic heterocycles. The molecule has 0 bridgehead atoms. The molecule has 0 aliphatic carbocycles. The number of nitrogens with two attached hydrogens (primary N) is 1. The number of carbonyl (C=O) groups excluding carboxylic acids is 2. The van der Waals surface area contributed by atoms with Crippen molar-refractivity contribution >= 4 is 45.1 Å². The van der Waals surface area contributed by atoms with Gasteiger partial charge in [-0.05, 0) is 0 Å². The molecule has 3 heterocycles. The van der Waals surface area contributed by atoms with E-state index in [4.69, 9.17) is 20.3 Å². The van der Waals surface area contributed by atoms with Crippen LogP contribution in [0.15, 0.2) is 15.0 Å². The number of amides is 3. The molecular formula is C10H13N5O11P2. The van der Waals surface area contributed by atoms with E-state index in [1.54, 1.807) is 0 Å². The van der Waals surface area contributed by atoms with Crippen molar-refractivity contribution in [2.24, 2.45) is 20.7 Å². The van der Waals surface area contributed by atoms with Crippen molar-refractivity contribution in [2.75, 3.05) is 6.61 Å². The van der Waals surface area contributed by atoms with Crippen LogP contribution in [0.1, 0.15) is 6.42 Å². The summed E-state index contributed by atoms with van der Waals surface area (Å²) in [6, 6.07) is -0.927. The number of phosphoric acid groups is 2. The second-order valence-corrected chi connectivity index (χ2v) is 8.42. The molecule has 18 heteroatoms. The first-order valence-electron chi connectivity index (χ1n) is 7.33. The Bertz CT molecular complexity index is 909. The van der Waals surface area contributed by atoms with E-state index >= 15 is 0 Å². The fourth-order valence-corrected chi connectivity index (χ4v) is 4.15. The fraction of sp³-hybridized carbons (Fsp3) is 0.500. The quantitative estimate of drug-likeness (QED) is 0.276. The Kier molecular flexibility index (Phi) is 5.35. The first-order valence-corrected chi connectivity index (χ1v) is 10.4. The molecule has 1 saturated heterocycles. The monoisotopic (exact) mass is 441 g/mol. The molecule has 6 N–H and O–H groups in total. The van der Waals surface area contributed by atoms with Crippen LogP contribution in [0.2, 0.25) is 0 Å². The predicted molar refractivity (Wildman–Crippen MR) is 86.9 cm³/mol. The number of urea groups is 1. The number of nitrogens with zero attached hydrogens (tertiary/aromatic N) is 4. The fourth-order valence-electron chi connectivity index (χ4n) is 2.55. The molecule has 28 heavy (non-hydrogen) atoms. The molecule has 0 radical (unpaired) electrons. The molecule has 3 aliphatic heterocycles. The summed E-state index contributed by atoms with van der Waals surface area (Å²) < 4.78 is 35.5. The van der Waals surface area contributed by atoms with Crippen molar-refractivity contribution in [2.45, 2.75) is 24.9 Å². The van der Waals surface area contributed by atoms with E-state index in [1.807, 2.05) is 0 Å². The van der Waals surface area contributed by atoms with Crippen LogP contribution < -0.4 is 5.73 Å². The van der Waals surface area contributed by atoms with Crippen molar-refractivity contribution in [1.29, 1.82) is 0 Å². The molecule has 154 valence electrons. The lowest BCUT2D eigenvalue weighted by Gasteiger charge is -2.24. The zero-order valence-corrected chi connectivity index (χ0v) is 15.3. The highest BCUT2D eigenvalue weighted by Crippen LogP contribution is 2.57. The van der Waals surface area contributed by atoms with E-state index < -0.39 is 58.6 Å². The van der Waals surface area contributed by atoms with Crippen molar-refractivity contribution in [1.82, 2.24) is 4.90 Å². The molecule has 3 amide bonds. The third kappa shape index (κ3) is 4.41. The minimum Gasteiger partial charge on any atom is -0.390 e. The van der Waals surface area contributed by atoms with E-state index in [0.717, 1.165) is 4.90 Å². The van der Waals surface area contributed by atoms with Crippen LogP contribution >= 0.6 is 15.6 Å². The highest BCUT2D eigenvalue weighted by atomic mass is 31.3. The number of aliphatic hydroxyl groups excluding tert-OH is 1. The van der Waals surface area contributed by atoms with Gasteiger partial charge in [-0.3, -0.25) is 9.32 Å². The van der Waals surface area contributed by atoms with Gasteiger partial charge in [0.15, 0.2) is 11.5 Å². The van der Waals surface area contributed by atoms with Gasteiger partial charge in [0, 0.05) is 6.42 Å². The molecule has 1 fully saturated rings. The summed E-state index contributed by atoms with van der Waals surface area (Å²) in [6.45, 7) is -0.809. The van der Waals surface area contributed by atoms with E-state index in [1.165, 1.54) is 0 Å². The van der Waals surface area contributed by atoms with Gasteiger partial charge in [-0.1, -0.05) is 0 Å². The van der Waals surface area contributed by atoms with Gasteiger partial charge in [0.1, 0.15) is 12.3 Å². The summed E-state index contributed by atoms with van der Waals surface area (Å²) in [4.78, 5) is 61.6. The Morgan fingerprint density at radius 1 is 1.21 bits per heavy atom. The van der Waals surface area contributed by atoms with Gasteiger partial charge < -0.3 is 30.3 Å². The number of amidine groups is 1. The minimum atomic E-state index is -5.31. The Morgan fingerprint density at radius 3 is 2.54 bits per heavy atom. The van der Waals surface area contributed by atoms with Crippen molar-refractivity contribution in [3.8, 4) is 0 Å². The summed E-state index contributed by atoms with van der Waals surface area (Å²) in [5, 5.41) is 10.0. The first-order chi connectivity index (χ1) is 12.9. The minimum absolute atomic E-state index is 0.220. The van der Waals surface area contributed by atoms with Crippen molar-refractivity contribution in [3.63, 3.8) is 0 Å². The van der Waals surface area contributed by atoms with Crippen LogP contribution in [0, 0.1) is 0 Å². The van der Waals surface area contributed by atoms with Crippen LogP contribution in [0.5, 0.6) is 0 Å². The summed E-state index contributed by atoms with van der Waals surface area (Å²) in [6.07, 6.45) is -4.01. The van der Waals surface area contributed by atoms with Crippen molar-refractivity contribution < 1.29 is 52.1 Å². The van der Waals surface area contributed by atoms with E-state index in [9.17, 15) is 28.7 Å². The van der Waals surface area contributed by atoms with Gasteiger partial charge in [0.05, 0.1) is 12.7 Å². The molecular weight excluding hydrogens is 428 g/mol. The van der Waals surface area contributed by atoms with Gasteiger partial charge in [0.2, 0.25) is 5.96 Å². The Hall–Kier alpha value is -1.87. The molecule has 0 saturated carbocycles. The SMILES string of the molecule is NC1=NC(=O)C2=NC(=O)N([C@H]3C[C@H](O)[C@@H](COP(=O)(O)OP(=O)(O)O)O3)C2=N1. The second kappa shape index (κ2) is 7.18. The maximum atomic E-state index is 12.1. The van der Waals surface area contributed by atoms with Crippen LogP contribution in [-0.2, 0) is 27.5 Å². The number of hydrogen-bond donors (Lipinski definition) is 5. The average Bonchev–Trinajstić information content (AvgIpc) is 3.02. The number of rotatable bonds is 6. The summed E-state index contributed by atoms with van der Waals surface area (Å²) >= 11 is 0. The lowest BCUT2D eigenvalue weighted by atomic mass is 10.2. The lowest BCUT2D eigenvalue weighted by Crippen LogP contribution is -2.45. The number of aliphatic imine (C=N–C) groups is 3. The first kappa shape index (κ1) is 20.9. The van der Waals surface area contributed by atoms with Crippen LogP contribution in [0.3, 0.4) is 0 Å². The highest BCUT2D eigenvalue weighted by molar-refractivity contribution is 7.60. The summed E-state index contributed by atoms with van der Waals surface area (Å²) in [5.41, 5.74) is 5.04. The van der Waals surface area contributed by atoms with Gasteiger partial charge >= 0.3 is 27.6 Å². The number of fused-ring (bicyclic) bond motifs is 1. The molecule has 16 nitrogen and oxygen atoms in total. The zero-order valence-electron chi connectivity index (χ0n) is 13.6. The van der Waals surface area contributed by atoms with E-state index in [0.29, 0.717) is 0 Å². The molecule has 0 spiro atoms. The number of guanidine groups is 1. The van der Waals surface area contributed by atoms with Crippen molar-refractivity contribution in [3.05, 3.63) is 0 Å². The molecule has 3 rings (SSSR count). The van der Waals surface area contributed by atoms with Gasteiger partial charge in [-0.25, -0.2) is 18.8 Å².